The summed E-state index contributed by atoms with van der Waals surface area (Å²) in [4.78, 5) is 4.09. The van der Waals surface area contributed by atoms with Crippen LogP contribution in [0.15, 0.2) is 53.7 Å². The highest BCUT2D eigenvalue weighted by atomic mass is 32.2. The van der Waals surface area contributed by atoms with Crippen molar-refractivity contribution in [2.75, 3.05) is 7.05 Å². The molecule has 0 aliphatic heterocycles. The summed E-state index contributed by atoms with van der Waals surface area (Å²) >= 11 is 0. The van der Waals surface area contributed by atoms with Crippen LogP contribution in [0.25, 0.3) is 0 Å². The van der Waals surface area contributed by atoms with E-state index in [1.54, 1.807) is 43.6 Å². The SMILES string of the molecule is CC(O)c1cccc(S(=O)(=O)N(C)Cc2ccncc2)c1. The van der Waals surface area contributed by atoms with Gasteiger partial charge in [-0.15, -0.1) is 0 Å². The lowest BCUT2D eigenvalue weighted by Gasteiger charge is -2.18. The first-order chi connectivity index (χ1) is 9.91. The molecule has 0 saturated carbocycles. The van der Waals surface area contributed by atoms with Crippen LogP contribution in [0.2, 0.25) is 0 Å². The Morgan fingerprint density at radius 1 is 1.24 bits per heavy atom. The van der Waals surface area contributed by atoms with Crippen LogP contribution in [-0.4, -0.2) is 29.9 Å². The van der Waals surface area contributed by atoms with Crippen molar-refractivity contribution in [2.45, 2.75) is 24.5 Å². The van der Waals surface area contributed by atoms with Crippen LogP contribution >= 0.6 is 0 Å². The van der Waals surface area contributed by atoms with Crippen LogP contribution in [0, 0.1) is 0 Å². The third kappa shape index (κ3) is 3.66. The first-order valence-electron chi connectivity index (χ1n) is 6.54. The number of benzene rings is 1. The zero-order valence-electron chi connectivity index (χ0n) is 12.0. The van der Waals surface area contributed by atoms with Crippen molar-refractivity contribution in [1.82, 2.24) is 9.29 Å². The summed E-state index contributed by atoms with van der Waals surface area (Å²) in [5.74, 6) is 0. The molecule has 0 bridgehead atoms. The minimum atomic E-state index is -3.59. The summed E-state index contributed by atoms with van der Waals surface area (Å²) in [6.45, 7) is 1.87. The van der Waals surface area contributed by atoms with E-state index in [9.17, 15) is 13.5 Å². The van der Waals surface area contributed by atoms with E-state index in [1.165, 1.54) is 23.5 Å². The topological polar surface area (TPSA) is 70.5 Å². The third-order valence-electron chi connectivity index (χ3n) is 3.20. The van der Waals surface area contributed by atoms with Gasteiger partial charge in [0.25, 0.3) is 0 Å². The van der Waals surface area contributed by atoms with Gasteiger partial charge in [0, 0.05) is 26.0 Å². The number of aromatic nitrogens is 1. The predicted molar refractivity (Wildman–Crippen MR) is 80.0 cm³/mol. The largest absolute Gasteiger partial charge is 0.389 e. The molecular weight excluding hydrogens is 288 g/mol. The van der Waals surface area contributed by atoms with E-state index < -0.39 is 16.1 Å². The molecule has 1 N–H and O–H groups in total. The van der Waals surface area contributed by atoms with Crippen LogP contribution in [0.3, 0.4) is 0 Å². The lowest BCUT2D eigenvalue weighted by molar-refractivity contribution is 0.199. The quantitative estimate of drug-likeness (QED) is 0.916. The second-order valence-electron chi connectivity index (χ2n) is 4.87. The van der Waals surface area contributed by atoms with Crippen molar-refractivity contribution in [2.24, 2.45) is 0 Å². The van der Waals surface area contributed by atoms with E-state index >= 15 is 0 Å². The van der Waals surface area contributed by atoms with Crippen molar-refractivity contribution >= 4 is 10.0 Å². The van der Waals surface area contributed by atoms with Gasteiger partial charge in [-0.25, -0.2) is 8.42 Å². The molecule has 1 unspecified atom stereocenters. The summed E-state index contributed by atoms with van der Waals surface area (Å²) in [5, 5.41) is 9.57. The van der Waals surface area contributed by atoms with Crippen molar-refractivity contribution < 1.29 is 13.5 Å². The van der Waals surface area contributed by atoms with Gasteiger partial charge in [-0.05, 0) is 42.3 Å². The monoisotopic (exact) mass is 306 g/mol. The molecule has 1 aromatic carbocycles. The summed E-state index contributed by atoms with van der Waals surface area (Å²) < 4.78 is 26.4. The average molecular weight is 306 g/mol. The van der Waals surface area contributed by atoms with Gasteiger partial charge in [0.2, 0.25) is 10.0 Å². The number of pyridine rings is 1. The predicted octanol–water partition coefficient (Wildman–Crippen LogP) is 1.96. The molecule has 2 aromatic rings. The molecule has 6 heteroatoms. The zero-order chi connectivity index (χ0) is 15.5. The Morgan fingerprint density at radius 2 is 1.90 bits per heavy atom. The Morgan fingerprint density at radius 3 is 2.52 bits per heavy atom. The molecule has 1 heterocycles. The smallest absolute Gasteiger partial charge is 0.243 e. The standard InChI is InChI=1S/C15H18N2O3S/c1-12(18)14-4-3-5-15(10-14)21(19,20)17(2)11-13-6-8-16-9-7-13/h3-10,12,18H,11H2,1-2H3. The summed E-state index contributed by atoms with van der Waals surface area (Å²) in [5.41, 5.74) is 1.44. The van der Waals surface area contributed by atoms with E-state index in [0.29, 0.717) is 5.56 Å². The molecule has 0 aliphatic rings. The van der Waals surface area contributed by atoms with Crippen LogP contribution in [0.4, 0.5) is 0 Å². The van der Waals surface area contributed by atoms with Crippen molar-refractivity contribution in [3.63, 3.8) is 0 Å². The molecular formula is C15H18N2O3S. The molecule has 0 fully saturated rings. The second-order valence-corrected chi connectivity index (χ2v) is 6.91. The van der Waals surface area contributed by atoms with E-state index in [0.717, 1.165) is 5.56 Å². The number of aliphatic hydroxyl groups is 1. The maximum atomic E-state index is 12.5. The maximum Gasteiger partial charge on any atom is 0.243 e. The average Bonchev–Trinajstić information content (AvgIpc) is 2.48. The van der Waals surface area contributed by atoms with E-state index in [4.69, 9.17) is 0 Å². The van der Waals surface area contributed by atoms with Crippen molar-refractivity contribution in [1.29, 1.82) is 0 Å². The highest BCUT2D eigenvalue weighted by Gasteiger charge is 2.21. The van der Waals surface area contributed by atoms with Gasteiger partial charge in [-0.3, -0.25) is 4.98 Å². The minimum Gasteiger partial charge on any atom is -0.389 e. The second kappa shape index (κ2) is 6.34. The van der Waals surface area contributed by atoms with E-state index in [2.05, 4.69) is 4.98 Å². The molecule has 5 nitrogen and oxygen atoms in total. The molecule has 0 radical (unpaired) electrons. The van der Waals surface area contributed by atoms with Crippen LogP contribution in [0.5, 0.6) is 0 Å². The summed E-state index contributed by atoms with van der Waals surface area (Å²) in [6, 6.07) is 9.92. The highest BCUT2D eigenvalue weighted by molar-refractivity contribution is 7.89. The zero-order valence-corrected chi connectivity index (χ0v) is 12.8. The molecule has 0 amide bonds. The first-order valence-corrected chi connectivity index (χ1v) is 7.98. The number of hydrogen-bond acceptors (Lipinski definition) is 4. The molecule has 0 aliphatic carbocycles. The van der Waals surface area contributed by atoms with Crippen molar-refractivity contribution in [3.8, 4) is 0 Å². The molecule has 0 saturated heterocycles. The number of aliphatic hydroxyl groups excluding tert-OH is 1. The molecule has 112 valence electrons. The summed E-state index contributed by atoms with van der Waals surface area (Å²) in [7, 11) is -2.06. The third-order valence-corrected chi connectivity index (χ3v) is 5.00. The summed E-state index contributed by atoms with van der Waals surface area (Å²) in [6.07, 6.45) is 2.55. The number of hydrogen-bond donors (Lipinski definition) is 1. The van der Waals surface area contributed by atoms with Crippen LogP contribution < -0.4 is 0 Å². The van der Waals surface area contributed by atoms with E-state index in [1.807, 2.05) is 0 Å². The Kier molecular flexibility index (Phi) is 4.72. The van der Waals surface area contributed by atoms with Gasteiger partial charge < -0.3 is 5.11 Å². The Labute approximate surface area is 124 Å². The fourth-order valence-electron chi connectivity index (χ4n) is 1.95. The van der Waals surface area contributed by atoms with Gasteiger partial charge in [0.1, 0.15) is 0 Å². The van der Waals surface area contributed by atoms with Gasteiger partial charge in [-0.1, -0.05) is 12.1 Å². The number of sulfonamides is 1. The molecule has 1 atom stereocenters. The number of nitrogens with zero attached hydrogens (tertiary/aromatic N) is 2. The fourth-order valence-corrected chi connectivity index (χ4v) is 3.16. The van der Waals surface area contributed by atoms with Gasteiger partial charge in [0.05, 0.1) is 11.0 Å². The lowest BCUT2D eigenvalue weighted by atomic mass is 10.1. The van der Waals surface area contributed by atoms with Gasteiger partial charge >= 0.3 is 0 Å². The van der Waals surface area contributed by atoms with Crippen molar-refractivity contribution in [3.05, 3.63) is 59.9 Å². The Balaban J connectivity index is 2.27. The molecule has 1 aromatic heterocycles. The molecule has 0 spiro atoms. The first kappa shape index (κ1) is 15.6. The number of rotatable bonds is 5. The normalized spacial score (nSPS) is 13.3. The minimum absolute atomic E-state index is 0.178. The maximum absolute atomic E-state index is 12.5. The lowest BCUT2D eigenvalue weighted by Crippen LogP contribution is -2.26. The van der Waals surface area contributed by atoms with Crippen LogP contribution in [0.1, 0.15) is 24.2 Å². The van der Waals surface area contributed by atoms with E-state index in [-0.39, 0.29) is 11.4 Å². The highest BCUT2D eigenvalue weighted by Crippen LogP contribution is 2.20. The molecule has 2 rings (SSSR count). The van der Waals surface area contributed by atoms with Gasteiger partial charge in [-0.2, -0.15) is 4.31 Å². The Bertz CT molecular complexity index is 700. The fraction of sp³-hybridized carbons (Fsp3) is 0.267. The van der Waals surface area contributed by atoms with Crippen LogP contribution in [-0.2, 0) is 16.6 Å². The Hall–Kier alpha value is -1.76. The van der Waals surface area contributed by atoms with Gasteiger partial charge in [0.15, 0.2) is 0 Å². The molecule has 21 heavy (non-hydrogen) atoms.